The number of fused-ring (bicyclic) bond motifs is 2. The molecule has 2 heterocycles. The molecule has 0 N–H and O–H groups in total. The minimum absolute atomic E-state index is 0.123. The molecule has 280 valence electrons. The van der Waals surface area contributed by atoms with Crippen LogP contribution in [0.1, 0.15) is 71.4 Å². The van der Waals surface area contributed by atoms with Crippen LogP contribution in [0.4, 0.5) is 11.4 Å². The number of rotatable bonds is 12. The highest BCUT2D eigenvalue weighted by atomic mass is 28.3. The SMILES string of the molecule is C#Cc1cc2c(cc1C(=O)OC)N(CCCCOC)C(=O)[C@@H](C)O2.COCCCCN1C(=O)[C@@H](C)Oc2cc(C#C[Si](C)(C)C)c(C(=O)OC)cc21. The van der Waals surface area contributed by atoms with Gasteiger partial charge in [0.25, 0.3) is 11.8 Å². The van der Waals surface area contributed by atoms with Gasteiger partial charge in [-0.15, -0.1) is 12.0 Å². The van der Waals surface area contributed by atoms with E-state index in [-0.39, 0.29) is 17.4 Å². The van der Waals surface area contributed by atoms with Gasteiger partial charge >= 0.3 is 11.9 Å². The molecule has 2 aliphatic rings. The Morgan fingerprint density at radius 3 is 1.54 bits per heavy atom. The van der Waals surface area contributed by atoms with Gasteiger partial charge in [0.1, 0.15) is 19.6 Å². The van der Waals surface area contributed by atoms with Crippen molar-refractivity contribution in [3.05, 3.63) is 46.5 Å². The lowest BCUT2D eigenvalue weighted by atomic mass is 10.0. The van der Waals surface area contributed by atoms with Gasteiger partial charge in [-0.25, -0.2) is 9.59 Å². The molecule has 0 aromatic heterocycles. The van der Waals surface area contributed by atoms with E-state index in [0.29, 0.717) is 65.9 Å². The summed E-state index contributed by atoms with van der Waals surface area (Å²) in [4.78, 5) is 52.8. The zero-order valence-corrected chi connectivity index (χ0v) is 32.7. The van der Waals surface area contributed by atoms with Crippen molar-refractivity contribution in [3.63, 3.8) is 0 Å². The number of carbonyl (C=O) groups is 4. The highest BCUT2D eigenvalue weighted by Gasteiger charge is 2.34. The quantitative estimate of drug-likeness (QED) is 0.124. The predicted molar refractivity (Wildman–Crippen MR) is 201 cm³/mol. The molecule has 4 rings (SSSR count). The normalized spacial score (nSPS) is 16.1. The number of nitrogens with zero attached hydrogens (tertiary/aromatic N) is 2. The molecule has 12 nitrogen and oxygen atoms in total. The fourth-order valence-corrected chi connectivity index (χ4v) is 5.94. The number of carbonyl (C=O) groups excluding carboxylic acids is 4. The molecule has 0 saturated carbocycles. The smallest absolute Gasteiger partial charge is 0.339 e. The minimum Gasteiger partial charge on any atom is -0.479 e. The Morgan fingerprint density at radius 1 is 0.731 bits per heavy atom. The Hall–Kier alpha value is -4.82. The van der Waals surface area contributed by atoms with Crippen LogP contribution in [0.15, 0.2) is 24.3 Å². The zero-order chi connectivity index (χ0) is 38.6. The first-order chi connectivity index (χ1) is 24.7. The maximum Gasteiger partial charge on any atom is 0.339 e. The van der Waals surface area contributed by atoms with E-state index in [9.17, 15) is 19.2 Å². The maximum absolute atomic E-state index is 12.7. The van der Waals surface area contributed by atoms with Gasteiger partial charge in [-0.1, -0.05) is 31.5 Å². The molecule has 2 amide bonds. The second-order valence-electron chi connectivity index (χ2n) is 13.3. The van der Waals surface area contributed by atoms with Gasteiger partial charge in [-0.3, -0.25) is 9.59 Å². The number of methoxy groups -OCH3 is 4. The van der Waals surface area contributed by atoms with E-state index in [4.69, 9.17) is 34.8 Å². The number of anilines is 2. The third-order valence-electron chi connectivity index (χ3n) is 8.11. The van der Waals surface area contributed by atoms with E-state index < -0.39 is 32.2 Å². The van der Waals surface area contributed by atoms with E-state index >= 15 is 0 Å². The first-order valence-corrected chi connectivity index (χ1v) is 20.7. The summed E-state index contributed by atoms with van der Waals surface area (Å²) >= 11 is 0. The van der Waals surface area contributed by atoms with Gasteiger partial charge in [-0.05, 0) is 63.8 Å². The number of hydrogen-bond donors (Lipinski definition) is 0. The zero-order valence-electron chi connectivity index (χ0n) is 31.7. The van der Waals surface area contributed by atoms with E-state index in [1.807, 2.05) is 0 Å². The monoisotopic (exact) mass is 734 g/mol. The van der Waals surface area contributed by atoms with E-state index in [1.54, 1.807) is 62.1 Å². The van der Waals surface area contributed by atoms with Crippen molar-refractivity contribution in [2.24, 2.45) is 0 Å². The molecule has 0 aliphatic carbocycles. The summed E-state index contributed by atoms with van der Waals surface area (Å²) in [6.07, 6.45) is 7.52. The maximum atomic E-state index is 12.7. The number of unbranched alkanes of at least 4 members (excludes halogenated alkanes) is 2. The van der Waals surface area contributed by atoms with Crippen LogP contribution in [0.25, 0.3) is 0 Å². The summed E-state index contributed by atoms with van der Waals surface area (Å²) in [6, 6.07) is 6.58. The first-order valence-electron chi connectivity index (χ1n) is 17.2. The van der Waals surface area contributed by atoms with Gasteiger partial charge < -0.3 is 38.2 Å². The van der Waals surface area contributed by atoms with Crippen molar-refractivity contribution in [1.29, 1.82) is 0 Å². The van der Waals surface area contributed by atoms with Gasteiger partial charge in [0.15, 0.2) is 12.2 Å². The number of hydrogen-bond acceptors (Lipinski definition) is 10. The van der Waals surface area contributed by atoms with Gasteiger partial charge in [0.2, 0.25) is 0 Å². The van der Waals surface area contributed by atoms with Crippen molar-refractivity contribution in [2.75, 3.05) is 64.5 Å². The Morgan fingerprint density at radius 2 is 1.15 bits per heavy atom. The largest absolute Gasteiger partial charge is 0.479 e. The van der Waals surface area contributed by atoms with Gasteiger partial charge in [-0.2, -0.15) is 0 Å². The summed E-state index contributed by atoms with van der Waals surface area (Å²) in [7, 11) is 4.28. The summed E-state index contributed by atoms with van der Waals surface area (Å²) < 4.78 is 31.3. The Labute approximate surface area is 308 Å². The molecule has 2 aliphatic heterocycles. The molecule has 0 saturated heterocycles. The molecular weight excluding hydrogens is 685 g/mol. The standard InChI is InChI=1S/C21H29NO5Si.C18H21NO5/c1-15-20(23)22(10-7-8-11-25-2)18-14-17(21(24)26-3)16(13-19(18)27-15)9-12-28(4,5)6;1-5-13-10-16-15(11-14(13)18(21)23-4)19(8-6-7-9-22-3)17(20)12(2)24-16/h13-15H,7-8,10-11H2,1-6H3;1,10-12H,6-9H2,2-4H3/t15-;12-/m11/s1. The Bertz CT molecular complexity index is 1730. The van der Waals surface area contributed by atoms with Crippen LogP contribution in [0, 0.1) is 23.8 Å². The summed E-state index contributed by atoms with van der Waals surface area (Å²) in [6.45, 7) is 12.1. The average molecular weight is 735 g/mol. The lowest BCUT2D eigenvalue weighted by Gasteiger charge is -2.33. The van der Waals surface area contributed by atoms with Crippen molar-refractivity contribution >= 4 is 43.2 Å². The van der Waals surface area contributed by atoms with E-state index in [0.717, 1.165) is 25.7 Å². The average Bonchev–Trinajstić information content (AvgIpc) is 3.12. The van der Waals surface area contributed by atoms with Crippen LogP contribution < -0.4 is 19.3 Å². The Balaban J connectivity index is 0.000000284. The fraction of sp³-hybridized carbons (Fsp3) is 0.487. The van der Waals surface area contributed by atoms with Crippen LogP contribution in [-0.2, 0) is 28.5 Å². The lowest BCUT2D eigenvalue weighted by Crippen LogP contribution is -2.45. The number of ether oxygens (including phenoxy) is 6. The van der Waals surface area contributed by atoms with Crippen LogP contribution in [0.2, 0.25) is 19.6 Å². The molecule has 0 bridgehead atoms. The molecule has 0 unspecified atom stereocenters. The predicted octanol–water partition coefficient (Wildman–Crippen LogP) is 5.24. The first kappa shape index (κ1) is 41.6. The fourth-order valence-electron chi connectivity index (χ4n) is 5.43. The third kappa shape index (κ3) is 10.6. The number of esters is 2. The van der Waals surface area contributed by atoms with Crippen LogP contribution >= 0.6 is 0 Å². The van der Waals surface area contributed by atoms with Crippen molar-refractivity contribution < 1.29 is 47.6 Å². The number of benzene rings is 2. The molecule has 0 spiro atoms. The summed E-state index contributed by atoms with van der Waals surface area (Å²) in [5, 5.41) is 0. The van der Waals surface area contributed by atoms with E-state index in [2.05, 4.69) is 37.0 Å². The van der Waals surface area contributed by atoms with Crippen LogP contribution in [-0.4, -0.2) is 98.8 Å². The van der Waals surface area contributed by atoms with Gasteiger partial charge in [0.05, 0.1) is 36.7 Å². The second kappa shape index (κ2) is 19.1. The molecule has 0 radical (unpaired) electrons. The Kier molecular flexibility index (Phi) is 15.3. The summed E-state index contributed by atoms with van der Waals surface area (Å²) in [5.74, 6) is 5.35. The molecule has 2 atom stereocenters. The topological polar surface area (TPSA) is 130 Å². The molecular formula is C39H50N2O10Si. The van der Waals surface area contributed by atoms with E-state index in [1.165, 1.54) is 14.2 Å². The van der Waals surface area contributed by atoms with Crippen molar-refractivity contribution in [3.8, 4) is 35.3 Å². The van der Waals surface area contributed by atoms with Crippen LogP contribution in [0.5, 0.6) is 11.5 Å². The number of terminal acetylenes is 1. The third-order valence-corrected chi connectivity index (χ3v) is 8.99. The molecule has 52 heavy (non-hydrogen) atoms. The lowest BCUT2D eigenvalue weighted by molar-refractivity contribution is -0.126. The number of amides is 2. The molecule has 2 aromatic carbocycles. The highest BCUT2D eigenvalue weighted by molar-refractivity contribution is 6.83. The minimum atomic E-state index is -1.64. The van der Waals surface area contributed by atoms with Crippen molar-refractivity contribution in [2.45, 2.75) is 71.4 Å². The molecule has 13 heteroatoms. The second-order valence-corrected chi connectivity index (χ2v) is 18.0. The van der Waals surface area contributed by atoms with Gasteiger partial charge in [0, 0.05) is 51.6 Å². The van der Waals surface area contributed by atoms with Crippen LogP contribution in [0.3, 0.4) is 0 Å². The molecule has 0 fully saturated rings. The molecule has 2 aromatic rings. The highest BCUT2D eigenvalue weighted by Crippen LogP contribution is 2.38. The summed E-state index contributed by atoms with van der Waals surface area (Å²) in [5.41, 5.74) is 5.92. The van der Waals surface area contributed by atoms with Crippen molar-refractivity contribution in [1.82, 2.24) is 0 Å².